The van der Waals surface area contributed by atoms with E-state index in [1.807, 2.05) is 0 Å². The summed E-state index contributed by atoms with van der Waals surface area (Å²) in [7, 11) is 0. The smallest absolute Gasteiger partial charge is 0.136 e. The van der Waals surface area contributed by atoms with Crippen molar-refractivity contribution < 1.29 is 4.79 Å². The van der Waals surface area contributed by atoms with Crippen molar-refractivity contribution in [3.63, 3.8) is 0 Å². The lowest BCUT2D eigenvalue weighted by Gasteiger charge is -2.19. The summed E-state index contributed by atoms with van der Waals surface area (Å²) in [5, 5.41) is 0. The van der Waals surface area contributed by atoms with Gasteiger partial charge in [-0.1, -0.05) is 19.3 Å². The largest absolute Gasteiger partial charge is 0.330 e. The van der Waals surface area contributed by atoms with E-state index >= 15 is 0 Å². The minimum atomic E-state index is 0.380. The van der Waals surface area contributed by atoms with Crippen LogP contribution in [0.2, 0.25) is 0 Å². The Kier molecular flexibility index (Phi) is 4.30. The quantitative estimate of drug-likeness (QED) is 0.698. The second kappa shape index (κ2) is 5.31. The molecule has 1 aliphatic rings. The Morgan fingerprint density at radius 3 is 2.50 bits per heavy atom. The zero-order valence-electron chi connectivity index (χ0n) is 7.72. The average Bonchev–Trinajstić information content (AvgIpc) is 2.15. The fourth-order valence-corrected chi connectivity index (χ4v) is 1.90. The third kappa shape index (κ3) is 2.94. The van der Waals surface area contributed by atoms with Crippen LogP contribution in [0.4, 0.5) is 0 Å². The first-order chi connectivity index (χ1) is 5.84. The number of carbonyl (C=O) groups is 1. The minimum Gasteiger partial charge on any atom is -0.330 e. The first-order valence-electron chi connectivity index (χ1n) is 5.07. The molecule has 2 nitrogen and oxygen atoms in total. The fourth-order valence-electron chi connectivity index (χ4n) is 1.90. The highest BCUT2D eigenvalue weighted by Crippen LogP contribution is 2.25. The first kappa shape index (κ1) is 9.72. The van der Waals surface area contributed by atoms with Crippen molar-refractivity contribution in [3.05, 3.63) is 0 Å². The summed E-state index contributed by atoms with van der Waals surface area (Å²) in [4.78, 5) is 11.5. The summed E-state index contributed by atoms with van der Waals surface area (Å²) >= 11 is 0. The van der Waals surface area contributed by atoms with Crippen LogP contribution >= 0.6 is 0 Å². The van der Waals surface area contributed by atoms with Gasteiger partial charge < -0.3 is 5.73 Å². The van der Waals surface area contributed by atoms with Gasteiger partial charge in [-0.05, 0) is 25.8 Å². The number of rotatable bonds is 4. The number of hydrogen-bond donors (Lipinski definition) is 1. The van der Waals surface area contributed by atoms with E-state index < -0.39 is 0 Å². The van der Waals surface area contributed by atoms with E-state index in [1.54, 1.807) is 0 Å². The molecule has 12 heavy (non-hydrogen) atoms. The van der Waals surface area contributed by atoms with Gasteiger partial charge in [0.1, 0.15) is 5.78 Å². The van der Waals surface area contributed by atoms with Crippen LogP contribution in [0.15, 0.2) is 0 Å². The van der Waals surface area contributed by atoms with Crippen LogP contribution in [0, 0.1) is 5.92 Å². The summed E-state index contributed by atoms with van der Waals surface area (Å²) < 4.78 is 0. The number of Topliss-reactive ketones (excluding diaryl/α,β-unsaturated/α-hetero) is 1. The van der Waals surface area contributed by atoms with Crippen molar-refractivity contribution in [2.75, 3.05) is 6.54 Å². The van der Waals surface area contributed by atoms with Crippen molar-refractivity contribution in [3.8, 4) is 0 Å². The standard InChI is InChI=1S/C10H19NO/c11-8-4-7-10(12)9-5-2-1-3-6-9/h9H,1-8,11H2. The van der Waals surface area contributed by atoms with E-state index in [4.69, 9.17) is 5.73 Å². The second-order valence-corrected chi connectivity index (χ2v) is 3.69. The van der Waals surface area contributed by atoms with Crippen LogP contribution in [0.1, 0.15) is 44.9 Å². The van der Waals surface area contributed by atoms with Crippen molar-refractivity contribution in [2.24, 2.45) is 11.7 Å². The van der Waals surface area contributed by atoms with Crippen LogP contribution in [0.25, 0.3) is 0 Å². The molecule has 0 aliphatic heterocycles. The Labute approximate surface area is 74.5 Å². The van der Waals surface area contributed by atoms with E-state index in [1.165, 1.54) is 19.3 Å². The van der Waals surface area contributed by atoms with Gasteiger partial charge in [-0.15, -0.1) is 0 Å². The third-order valence-electron chi connectivity index (χ3n) is 2.69. The summed E-state index contributed by atoms with van der Waals surface area (Å²) in [5.74, 6) is 0.838. The molecule has 1 rings (SSSR count). The average molecular weight is 169 g/mol. The molecule has 0 saturated heterocycles. The molecular formula is C10H19NO. The molecule has 2 heteroatoms. The number of carbonyl (C=O) groups excluding carboxylic acids is 1. The highest BCUT2D eigenvalue weighted by molar-refractivity contribution is 5.80. The van der Waals surface area contributed by atoms with Crippen molar-refractivity contribution >= 4 is 5.78 Å². The first-order valence-corrected chi connectivity index (χ1v) is 5.07. The Bertz CT molecular complexity index is 139. The fraction of sp³-hybridized carbons (Fsp3) is 0.900. The van der Waals surface area contributed by atoms with E-state index in [2.05, 4.69) is 0 Å². The van der Waals surface area contributed by atoms with Gasteiger partial charge in [0.15, 0.2) is 0 Å². The third-order valence-corrected chi connectivity index (χ3v) is 2.69. The zero-order valence-corrected chi connectivity index (χ0v) is 7.72. The Hall–Kier alpha value is -0.370. The maximum Gasteiger partial charge on any atom is 0.136 e. The predicted octanol–water partition coefficient (Wildman–Crippen LogP) is 1.87. The van der Waals surface area contributed by atoms with Gasteiger partial charge >= 0.3 is 0 Å². The maximum atomic E-state index is 11.5. The van der Waals surface area contributed by atoms with Gasteiger partial charge in [0.2, 0.25) is 0 Å². The lowest BCUT2D eigenvalue weighted by atomic mass is 9.85. The molecule has 0 aromatic rings. The maximum absolute atomic E-state index is 11.5. The number of ketones is 1. The minimum absolute atomic E-state index is 0.380. The lowest BCUT2D eigenvalue weighted by Crippen LogP contribution is -2.18. The molecule has 0 heterocycles. The zero-order chi connectivity index (χ0) is 8.81. The molecule has 0 amide bonds. The van der Waals surface area contributed by atoms with Crippen molar-refractivity contribution in [1.29, 1.82) is 0 Å². The highest BCUT2D eigenvalue weighted by atomic mass is 16.1. The molecule has 1 saturated carbocycles. The number of nitrogens with two attached hydrogens (primary N) is 1. The molecular weight excluding hydrogens is 150 g/mol. The van der Waals surface area contributed by atoms with Gasteiger partial charge in [-0.3, -0.25) is 4.79 Å². The van der Waals surface area contributed by atoms with Crippen molar-refractivity contribution in [1.82, 2.24) is 0 Å². The molecule has 70 valence electrons. The molecule has 2 N–H and O–H groups in total. The Morgan fingerprint density at radius 2 is 1.92 bits per heavy atom. The Balaban J connectivity index is 2.20. The second-order valence-electron chi connectivity index (χ2n) is 3.69. The molecule has 1 aliphatic carbocycles. The molecule has 0 unspecified atom stereocenters. The van der Waals surface area contributed by atoms with E-state index in [0.717, 1.165) is 19.3 Å². The van der Waals surface area contributed by atoms with Crippen LogP contribution in [0.5, 0.6) is 0 Å². The normalized spacial score (nSPS) is 19.4. The van der Waals surface area contributed by atoms with Gasteiger partial charge in [-0.2, -0.15) is 0 Å². The summed E-state index contributed by atoms with van der Waals surface area (Å²) in [6, 6.07) is 0. The molecule has 0 aromatic carbocycles. The summed E-state index contributed by atoms with van der Waals surface area (Å²) in [6.45, 7) is 0.651. The monoisotopic (exact) mass is 169 g/mol. The van der Waals surface area contributed by atoms with Gasteiger partial charge in [0.25, 0.3) is 0 Å². The van der Waals surface area contributed by atoms with E-state index in [-0.39, 0.29) is 0 Å². The highest BCUT2D eigenvalue weighted by Gasteiger charge is 2.19. The van der Waals surface area contributed by atoms with Gasteiger partial charge in [0, 0.05) is 12.3 Å². The SMILES string of the molecule is NCCCC(=O)C1CCCCC1. The molecule has 0 atom stereocenters. The topological polar surface area (TPSA) is 43.1 Å². The molecule has 0 spiro atoms. The lowest BCUT2D eigenvalue weighted by molar-refractivity contribution is -0.123. The van der Waals surface area contributed by atoms with Gasteiger partial charge in [0.05, 0.1) is 0 Å². The van der Waals surface area contributed by atoms with Crippen LogP contribution in [-0.4, -0.2) is 12.3 Å². The van der Waals surface area contributed by atoms with Crippen molar-refractivity contribution in [2.45, 2.75) is 44.9 Å². The van der Waals surface area contributed by atoms with Gasteiger partial charge in [-0.25, -0.2) is 0 Å². The predicted molar refractivity (Wildman–Crippen MR) is 49.9 cm³/mol. The molecule has 1 fully saturated rings. The van der Waals surface area contributed by atoms with Crippen LogP contribution < -0.4 is 5.73 Å². The summed E-state index contributed by atoms with van der Waals surface area (Å²) in [6.07, 6.45) is 7.65. The summed E-state index contributed by atoms with van der Waals surface area (Å²) in [5.41, 5.74) is 5.35. The van der Waals surface area contributed by atoms with E-state index in [0.29, 0.717) is 24.7 Å². The van der Waals surface area contributed by atoms with E-state index in [9.17, 15) is 4.79 Å². The molecule has 0 aromatic heterocycles. The molecule has 0 radical (unpaired) electrons. The molecule has 0 bridgehead atoms. The van der Waals surface area contributed by atoms with Crippen LogP contribution in [0.3, 0.4) is 0 Å². The number of hydrogen-bond acceptors (Lipinski definition) is 2. The Morgan fingerprint density at radius 1 is 1.25 bits per heavy atom. The van der Waals surface area contributed by atoms with Crippen LogP contribution in [-0.2, 0) is 4.79 Å².